The van der Waals surface area contributed by atoms with E-state index in [0.717, 1.165) is 6.07 Å². The molecular formula is C10H12N2O4Zn. The maximum Gasteiger partial charge on any atom is 2.00 e. The van der Waals surface area contributed by atoms with Crippen molar-refractivity contribution in [3.05, 3.63) is 35.4 Å². The molecular weight excluding hydrogens is 278 g/mol. The van der Waals surface area contributed by atoms with Gasteiger partial charge in [0, 0.05) is 13.1 Å². The fourth-order valence-electron chi connectivity index (χ4n) is 0.773. The van der Waals surface area contributed by atoms with E-state index in [-0.39, 0.29) is 30.6 Å². The second-order valence-electron chi connectivity index (χ2n) is 2.73. The molecule has 0 spiro atoms. The predicted molar refractivity (Wildman–Crippen MR) is 53.2 cm³/mol. The Morgan fingerprint density at radius 3 is 1.59 bits per heavy atom. The van der Waals surface area contributed by atoms with E-state index in [1.807, 2.05) is 0 Å². The van der Waals surface area contributed by atoms with Crippen LogP contribution >= 0.6 is 0 Å². The van der Waals surface area contributed by atoms with Crippen LogP contribution in [0.4, 0.5) is 0 Å². The van der Waals surface area contributed by atoms with E-state index in [2.05, 4.69) is 0 Å². The van der Waals surface area contributed by atoms with Crippen LogP contribution in [0.15, 0.2) is 24.3 Å². The number of carbonyl (C=O) groups excluding carboxylic acids is 2. The summed E-state index contributed by atoms with van der Waals surface area (Å²) in [6.45, 7) is 1.19. The first kappa shape index (κ1) is 18.1. The van der Waals surface area contributed by atoms with Crippen molar-refractivity contribution in [1.29, 1.82) is 0 Å². The third-order valence-electron chi connectivity index (χ3n) is 1.50. The van der Waals surface area contributed by atoms with E-state index in [1.54, 1.807) is 0 Å². The van der Waals surface area contributed by atoms with Gasteiger partial charge in [-0.15, -0.1) is 0 Å². The number of hydrogen-bond donors (Lipinski definition) is 2. The van der Waals surface area contributed by atoms with Crippen molar-refractivity contribution in [3.63, 3.8) is 0 Å². The normalized spacial score (nSPS) is 8.35. The van der Waals surface area contributed by atoms with Crippen LogP contribution in [0.25, 0.3) is 0 Å². The first-order valence-corrected chi connectivity index (χ1v) is 4.45. The Balaban J connectivity index is 0. The van der Waals surface area contributed by atoms with Gasteiger partial charge in [-0.3, -0.25) is 0 Å². The Morgan fingerprint density at radius 1 is 1.00 bits per heavy atom. The number of aromatic carboxylic acids is 2. The van der Waals surface area contributed by atoms with Crippen molar-refractivity contribution in [2.75, 3.05) is 13.1 Å². The largest absolute Gasteiger partial charge is 2.00 e. The molecule has 88 valence electrons. The molecule has 0 amide bonds. The standard InChI is InChI=1S/C8H6O4.C2H8N2.Zn/c9-7(10)5-2-1-3-6(4-5)8(11)12;3-1-2-4;/h1-4H,(H,9,10)(H,11,12);1-4H2;/q;;+2/p-2. The molecule has 0 aliphatic rings. The van der Waals surface area contributed by atoms with Gasteiger partial charge in [-0.2, -0.15) is 0 Å². The van der Waals surface area contributed by atoms with Gasteiger partial charge in [0.05, 0.1) is 11.9 Å². The van der Waals surface area contributed by atoms with Crippen molar-refractivity contribution < 1.29 is 39.3 Å². The molecule has 0 aliphatic heterocycles. The molecule has 0 aromatic heterocycles. The average Bonchev–Trinajstić information content (AvgIpc) is 2.29. The summed E-state index contributed by atoms with van der Waals surface area (Å²) >= 11 is 0. The fraction of sp³-hybridized carbons (Fsp3) is 0.200. The third kappa shape index (κ3) is 7.57. The number of hydrogen-bond acceptors (Lipinski definition) is 6. The average molecular weight is 290 g/mol. The second-order valence-corrected chi connectivity index (χ2v) is 2.73. The number of rotatable bonds is 3. The Morgan fingerprint density at radius 2 is 1.35 bits per heavy atom. The molecule has 0 atom stereocenters. The van der Waals surface area contributed by atoms with E-state index in [0.29, 0.717) is 13.1 Å². The summed E-state index contributed by atoms with van der Waals surface area (Å²) in [5.74, 6) is -2.81. The molecule has 1 aromatic carbocycles. The van der Waals surface area contributed by atoms with Gasteiger partial charge in [-0.25, -0.2) is 0 Å². The summed E-state index contributed by atoms with van der Waals surface area (Å²) in [5.41, 5.74) is 9.47. The van der Waals surface area contributed by atoms with E-state index < -0.39 is 11.9 Å². The summed E-state index contributed by atoms with van der Waals surface area (Å²) in [7, 11) is 0. The molecule has 4 N–H and O–H groups in total. The Labute approximate surface area is 111 Å². The molecule has 6 nitrogen and oxygen atoms in total. The van der Waals surface area contributed by atoms with E-state index in [9.17, 15) is 19.8 Å². The first-order chi connectivity index (χ1) is 7.52. The number of benzene rings is 1. The summed E-state index contributed by atoms with van der Waals surface area (Å²) in [4.78, 5) is 20.5. The molecule has 0 saturated heterocycles. The van der Waals surface area contributed by atoms with Crippen LogP contribution in [0.1, 0.15) is 20.7 Å². The minimum Gasteiger partial charge on any atom is -0.545 e. The Kier molecular flexibility index (Phi) is 10.5. The topological polar surface area (TPSA) is 132 Å². The maximum atomic E-state index is 10.3. The number of nitrogens with two attached hydrogens (primary N) is 2. The molecule has 1 aromatic rings. The molecule has 0 aliphatic carbocycles. The van der Waals surface area contributed by atoms with Crippen molar-refractivity contribution in [2.45, 2.75) is 0 Å². The Bertz CT molecular complexity index is 340. The number of carbonyl (C=O) groups is 2. The zero-order valence-electron chi connectivity index (χ0n) is 9.22. The molecule has 17 heavy (non-hydrogen) atoms. The van der Waals surface area contributed by atoms with Crippen molar-refractivity contribution in [3.8, 4) is 0 Å². The van der Waals surface area contributed by atoms with Crippen LogP contribution in [-0.2, 0) is 19.5 Å². The van der Waals surface area contributed by atoms with Crippen LogP contribution < -0.4 is 21.7 Å². The van der Waals surface area contributed by atoms with Crippen LogP contribution in [0.5, 0.6) is 0 Å². The minimum atomic E-state index is -1.40. The van der Waals surface area contributed by atoms with Crippen LogP contribution in [0.3, 0.4) is 0 Å². The summed E-state index contributed by atoms with van der Waals surface area (Å²) < 4.78 is 0. The van der Waals surface area contributed by atoms with E-state index in [1.165, 1.54) is 18.2 Å². The molecule has 0 bridgehead atoms. The first-order valence-electron chi connectivity index (χ1n) is 4.45. The summed E-state index contributed by atoms with van der Waals surface area (Å²) in [6, 6.07) is 4.81. The van der Waals surface area contributed by atoms with Gasteiger partial charge in [0.25, 0.3) is 0 Å². The minimum absolute atomic E-state index is 0. The summed E-state index contributed by atoms with van der Waals surface area (Å²) in [5, 5.41) is 20.5. The molecule has 7 heteroatoms. The van der Waals surface area contributed by atoms with Gasteiger partial charge in [0.2, 0.25) is 0 Å². The third-order valence-corrected chi connectivity index (χ3v) is 1.50. The van der Waals surface area contributed by atoms with Gasteiger partial charge in [0.1, 0.15) is 0 Å². The number of carboxylic acids is 2. The summed E-state index contributed by atoms with van der Waals surface area (Å²) in [6.07, 6.45) is 0. The molecule has 0 fully saturated rings. The van der Waals surface area contributed by atoms with Gasteiger partial charge >= 0.3 is 19.5 Å². The maximum absolute atomic E-state index is 10.3. The van der Waals surface area contributed by atoms with Gasteiger partial charge in [0.15, 0.2) is 0 Å². The quantitative estimate of drug-likeness (QED) is 0.583. The molecule has 0 saturated carbocycles. The number of carboxylic acid groups (broad SMARTS) is 2. The molecule has 0 heterocycles. The smallest absolute Gasteiger partial charge is 0.545 e. The SMILES string of the molecule is NCCN.O=C([O-])c1cccc(C(=O)[O-])c1.[Zn+2]. The van der Waals surface area contributed by atoms with Gasteiger partial charge < -0.3 is 31.3 Å². The van der Waals surface area contributed by atoms with Crippen molar-refractivity contribution in [1.82, 2.24) is 0 Å². The van der Waals surface area contributed by atoms with E-state index >= 15 is 0 Å². The molecule has 0 radical (unpaired) electrons. The van der Waals surface area contributed by atoms with E-state index in [4.69, 9.17) is 11.5 Å². The Hall–Kier alpha value is -1.30. The van der Waals surface area contributed by atoms with Crippen molar-refractivity contribution in [2.24, 2.45) is 11.5 Å². The van der Waals surface area contributed by atoms with Crippen LogP contribution in [-0.4, -0.2) is 25.0 Å². The second kappa shape index (κ2) is 9.90. The van der Waals surface area contributed by atoms with Crippen LogP contribution in [0, 0.1) is 0 Å². The zero-order chi connectivity index (χ0) is 12.6. The van der Waals surface area contributed by atoms with Gasteiger partial charge in [-0.1, -0.05) is 18.2 Å². The van der Waals surface area contributed by atoms with Crippen molar-refractivity contribution >= 4 is 11.9 Å². The zero-order valence-corrected chi connectivity index (χ0v) is 12.2. The van der Waals surface area contributed by atoms with Gasteiger partial charge in [-0.05, 0) is 17.2 Å². The fourth-order valence-corrected chi connectivity index (χ4v) is 0.773. The monoisotopic (exact) mass is 288 g/mol. The predicted octanol–water partition coefficient (Wildman–Crippen LogP) is -2.69. The molecule has 0 unspecified atom stereocenters. The van der Waals surface area contributed by atoms with Crippen LogP contribution in [0.2, 0.25) is 0 Å². The molecule has 1 rings (SSSR count).